The zero-order valence-electron chi connectivity index (χ0n) is 14.3. The van der Waals surface area contributed by atoms with Gasteiger partial charge in [-0.2, -0.15) is 0 Å². The van der Waals surface area contributed by atoms with E-state index >= 15 is 0 Å². The molecule has 5 heteroatoms. The van der Waals surface area contributed by atoms with Gasteiger partial charge in [0.25, 0.3) is 0 Å². The van der Waals surface area contributed by atoms with Crippen LogP contribution in [0.5, 0.6) is 0 Å². The first-order valence-electron chi connectivity index (χ1n) is 8.16. The van der Waals surface area contributed by atoms with Gasteiger partial charge in [-0.25, -0.2) is 4.79 Å². The van der Waals surface area contributed by atoms with E-state index in [-0.39, 0.29) is 19.2 Å². The summed E-state index contributed by atoms with van der Waals surface area (Å²) in [6.07, 6.45) is 0. The van der Waals surface area contributed by atoms with Crippen molar-refractivity contribution in [2.24, 2.45) is 0 Å². The summed E-state index contributed by atoms with van der Waals surface area (Å²) in [5.74, 6) is 0. The van der Waals surface area contributed by atoms with Gasteiger partial charge in [0.2, 0.25) is 0 Å². The van der Waals surface area contributed by atoms with Crippen molar-refractivity contribution in [2.75, 3.05) is 37.0 Å². The molecular formula is C19H25N3O2. The maximum Gasteiger partial charge on any atom is 0.322 e. The molecular weight excluding hydrogens is 302 g/mol. The molecule has 128 valence electrons. The Morgan fingerprint density at radius 3 is 2.42 bits per heavy atom. The van der Waals surface area contributed by atoms with Crippen LogP contribution in [-0.4, -0.2) is 42.8 Å². The van der Waals surface area contributed by atoms with Crippen LogP contribution in [0.15, 0.2) is 54.6 Å². The van der Waals surface area contributed by atoms with E-state index < -0.39 is 0 Å². The molecule has 0 radical (unpaired) electrons. The molecule has 2 N–H and O–H groups in total. The van der Waals surface area contributed by atoms with Crippen LogP contribution in [0.25, 0.3) is 0 Å². The molecule has 2 aromatic carbocycles. The minimum Gasteiger partial charge on any atom is -0.395 e. The van der Waals surface area contributed by atoms with Gasteiger partial charge in [0.15, 0.2) is 0 Å². The van der Waals surface area contributed by atoms with Gasteiger partial charge in [-0.15, -0.1) is 0 Å². The molecule has 0 heterocycles. The van der Waals surface area contributed by atoms with Gasteiger partial charge in [0.1, 0.15) is 0 Å². The number of rotatable bonds is 7. The molecule has 0 fully saturated rings. The first-order valence-corrected chi connectivity index (χ1v) is 8.16. The van der Waals surface area contributed by atoms with Crippen LogP contribution in [0.2, 0.25) is 0 Å². The average molecular weight is 327 g/mol. The zero-order chi connectivity index (χ0) is 17.4. The Hall–Kier alpha value is -2.53. The third-order valence-corrected chi connectivity index (χ3v) is 3.90. The summed E-state index contributed by atoms with van der Waals surface area (Å²) < 4.78 is 0. The second kappa shape index (κ2) is 8.93. The Labute approximate surface area is 143 Å². The molecule has 2 aromatic rings. The lowest BCUT2D eigenvalue weighted by Crippen LogP contribution is -2.37. The SMILES string of the molecule is CCN(C)c1ccccc1NC(=O)N(CCO)Cc1ccccc1. The molecule has 0 bridgehead atoms. The molecule has 0 atom stereocenters. The summed E-state index contributed by atoms with van der Waals surface area (Å²) >= 11 is 0. The van der Waals surface area contributed by atoms with Crippen LogP contribution >= 0.6 is 0 Å². The van der Waals surface area contributed by atoms with Crippen LogP contribution < -0.4 is 10.2 Å². The van der Waals surface area contributed by atoms with Gasteiger partial charge in [-0.05, 0) is 24.6 Å². The molecule has 0 aromatic heterocycles. The van der Waals surface area contributed by atoms with Crippen LogP contribution in [0.3, 0.4) is 0 Å². The van der Waals surface area contributed by atoms with E-state index in [9.17, 15) is 9.90 Å². The van der Waals surface area contributed by atoms with Crippen molar-refractivity contribution in [3.05, 3.63) is 60.2 Å². The van der Waals surface area contributed by atoms with E-state index in [4.69, 9.17) is 0 Å². The van der Waals surface area contributed by atoms with Crippen molar-refractivity contribution in [3.63, 3.8) is 0 Å². The van der Waals surface area contributed by atoms with Gasteiger partial charge in [-0.1, -0.05) is 42.5 Å². The predicted molar refractivity (Wildman–Crippen MR) is 98.3 cm³/mol. The van der Waals surface area contributed by atoms with E-state index in [1.165, 1.54) is 0 Å². The molecule has 2 amide bonds. The molecule has 0 aliphatic carbocycles. The van der Waals surface area contributed by atoms with Crippen molar-refractivity contribution in [1.82, 2.24) is 4.90 Å². The number of carbonyl (C=O) groups is 1. The normalized spacial score (nSPS) is 10.3. The fourth-order valence-electron chi connectivity index (χ4n) is 2.45. The number of urea groups is 1. The second-order valence-electron chi connectivity index (χ2n) is 5.59. The number of benzene rings is 2. The molecule has 0 unspecified atom stereocenters. The fourth-order valence-corrected chi connectivity index (χ4v) is 2.45. The monoisotopic (exact) mass is 327 g/mol. The Morgan fingerprint density at radius 2 is 1.75 bits per heavy atom. The van der Waals surface area contributed by atoms with Crippen LogP contribution in [0.4, 0.5) is 16.2 Å². The van der Waals surface area contributed by atoms with Crippen molar-refractivity contribution in [3.8, 4) is 0 Å². The van der Waals surface area contributed by atoms with Crippen LogP contribution in [0.1, 0.15) is 12.5 Å². The average Bonchev–Trinajstić information content (AvgIpc) is 2.62. The largest absolute Gasteiger partial charge is 0.395 e. The van der Waals surface area contributed by atoms with Gasteiger partial charge >= 0.3 is 6.03 Å². The predicted octanol–water partition coefficient (Wildman–Crippen LogP) is 3.17. The van der Waals surface area contributed by atoms with Crippen molar-refractivity contribution in [2.45, 2.75) is 13.5 Å². The Bertz CT molecular complexity index is 646. The number of hydrogen-bond donors (Lipinski definition) is 2. The number of nitrogens with zero attached hydrogens (tertiary/aromatic N) is 2. The van der Waals surface area contributed by atoms with E-state index in [0.29, 0.717) is 6.54 Å². The molecule has 0 saturated carbocycles. The lowest BCUT2D eigenvalue weighted by Gasteiger charge is -2.25. The summed E-state index contributed by atoms with van der Waals surface area (Å²) in [4.78, 5) is 16.3. The third kappa shape index (κ3) is 4.73. The number of para-hydroxylation sites is 2. The minimum atomic E-state index is -0.218. The zero-order valence-corrected chi connectivity index (χ0v) is 14.3. The highest BCUT2D eigenvalue weighted by atomic mass is 16.3. The maximum absolute atomic E-state index is 12.7. The first kappa shape index (κ1) is 17.8. The number of hydrogen-bond acceptors (Lipinski definition) is 3. The summed E-state index contributed by atoms with van der Waals surface area (Å²) in [7, 11) is 1.99. The topological polar surface area (TPSA) is 55.8 Å². The molecule has 5 nitrogen and oxygen atoms in total. The van der Waals surface area contributed by atoms with Gasteiger partial charge < -0.3 is 20.2 Å². The highest BCUT2D eigenvalue weighted by Crippen LogP contribution is 2.24. The maximum atomic E-state index is 12.7. The molecule has 0 saturated heterocycles. The van der Waals surface area contributed by atoms with Crippen molar-refractivity contribution < 1.29 is 9.90 Å². The van der Waals surface area contributed by atoms with Crippen molar-refractivity contribution in [1.29, 1.82) is 0 Å². The number of amides is 2. The third-order valence-electron chi connectivity index (χ3n) is 3.90. The van der Waals surface area contributed by atoms with Gasteiger partial charge in [0.05, 0.1) is 18.0 Å². The van der Waals surface area contributed by atoms with Crippen molar-refractivity contribution >= 4 is 17.4 Å². The quantitative estimate of drug-likeness (QED) is 0.821. The van der Waals surface area contributed by atoms with E-state index in [2.05, 4.69) is 17.1 Å². The summed E-state index contributed by atoms with van der Waals surface area (Å²) in [6.45, 7) is 3.58. The summed E-state index contributed by atoms with van der Waals surface area (Å²) in [6, 6.07) is 17.3. The summed E-state index contributed by atoms with van der Waals surface area (Å²) in [5.41, 5.74) is 2.76. The fraction of sp³-hybridized carbons (Fsp3) is 0.316. The van der Waals surface area contributed by atoms with Crippen LogP contribution in [-0.2, 0) is 6.54 Å². The molecule has 24 heavy (non-hydrogen) atoms. The minimum absolute atomic E-state index is 0.0727. The molecule has 2 rings (SSSR count). The van der Waals surface area contributed by atoms with E-state index in [0.717, 1.165) is 23.5 Å². The van der Waals surface area contributed by atoms with Gasteiger partial charge in [0, 0.05) is 26.7 Å². The Balaban J connectivity index is 2.13. The second-order valence-corrected chi connectivity index (χ2v) is 5.59. The number of anilines is 2. The molecule has 0 aliphatic heterocycles. The number of aliphatic hydroxyl groups excluding tert-OH is 1. The molecule has 0 spiro atoms. The van der Waals surface area contributed by atoms with E-state index in [1.807, 2.05) is 61.6 Å². The number of carbonyl (C=O) groups excluding carboxylic acids is 1. The lowest BCUT2D eigenvalue weighted by atomic mass is 10.2. The smallest absolute Gasteiger partial charge is 0.322 e. The van der Waals surface area contributed by atoms with Gasteiger partial charge in [-0.3, -0.25) is 0 Å². The molecule has 0 aliphatic rings. The Morgan fingerprint density at radius 1 is 1.08 bits per heavy atom. The Kier molecular flexibility index (Phi) is 6.63. The highest BCUT2D eigenvalue weighted by Gasteiger charge is 2.16. The number of aliphatic hydroxyl groups is 1. The summed E-state index contributed by atoms with van der Waals surface area (Å²) in [5, 5.41) is 12.2. The van der Waals surface area contributed by atoms with E-state index in [1.54, 1.807) is 4.90 Å². The first-order chi connectivity index (χ1) is 11.7. The highest BCUT2D eigenvalue weighted by molar-refractivity contribution is 5.93. The lowest BCUT2D eigenvalue weighted by molar-refractivity contribution is 0.185. The van der Waals surface area contributed by atoms with Crippen LogP contribution in [0, 0.1) is 0 Å². The standard InChI is InChI=1S/C19H25N3O2/c1-3-21(2)18-12-8-7-11-17(18)20-19(24)22(13-14-23)15-16-9-5-4-6-10-16/h4-12,23H,3,13-15H2,1-2H3,(H,20,24). The number of nitrogens with one attached hydrogen (secondary N) is 1.